The first-order chi connectivity index (χ1) is 16.1. The Morgan fingerprint density at radius 2 is 1.71 bits per heavy atom. The molecule has 0 radical (unpaired) electrons. The van der Waals surface area contributed by atoms with Crippen molar-refractivity contribution in [1.29, 1.82) is 0 Å². The molecule has 2 heterocycles. The fourth-order valence-corrected chi connectivity index (χ4v) is 6.22. The Bertz CT molecular complexity index is 1120. The summed E-state index contributed by atoms with van der Waals surface area (Å²) in [6.45, 7) is 1.02. The number of piperazine rings is 1. The first-order valence-corrected chi connectivity index (χ1v) is 13.0. The van der Waals surface area contributed by atoms with Crippen LogP contribution < -0.4 is 9.64 Å². The summed E-state index contributed by atoms with van der Waals surface area (Å²) in [6, 6.07) is 13.0. The molecule has 6 nitrogen and oxygen atoms in total. The smallest absolute Gasteiger partial charge is 0.420 e. The van der Waals surface area contributed by atoms with Crippen LogP contribution in [0, 0.1) is 5.92 Å². The van der Waals surface area contributed by atoms with Gasteiger partial charge in [-0.15, -0.1) is 0 Å². The van der Waals surface area contributed by atoms with Crippen molar-refractivity contribution in [2.45, 2.75) is 25.1 Å². The van der Waals surface area contributed by atoms with Crippen LogP contribution >= 0.6 is 0 Å². The number of ether oxygens (including phenoxy) is 1. The van der Waals surface area contributed by atoms with E-state index in [0.29, 0.717) is 38.2 Å². The van der Waals surface area contributed by atoms with E-state index in [9.17, 15) is 26.4 Å². The van der Waals surface area contributed by atoms with Gasteiger partial charge in [0.2, 0.25) is 5.91 Å². The van der Waals surface area contributed by atoms with Gasteiger partial charge in [0.1, 0.15) is 15.6 Å². The predicted octanol–water partition coefficient (Wildman–Crippen LogP) is 3.93. The molecular weight excluding hydrogens is 469 g/mol. The minimum absolute atomic E-state index is 0.00540. The Morgan fingerprint density at radius 3 is 2.32 bits per heavy atom. The normalized spacial score (nSPS) is 21.4. The van der Waals surface area contributed by atoms with Gasteiger partial charge in [0.05, 0.1) is 30.2 Å². The molecule has 2 aromatic carbocycles. The summed E-state index contributed by atoms with van der Waals surface area (Å²) in [5.41, 5.74) is 0.448. The molecular formula is C24H27F3N2O4S. The summed E-state index contributed by atoms with van der Waals surface area (Å²) in [4.78, 5) is 17.0. The summed E-state index contributed by atoms with van der Waals surface area (Å²) in [6.07, 6.45) is -3.95. The molecule has 0 N–H and O–H groups in total. The number of sulfone groups is 1. The van der Waals surface area contributed by atoms with Crippen LogP contribution in [0.25, 0.3) is 0 Å². The standard InChI is InChI=1S/C24H27F3N2O4S/c1-33-22-8-7-19(15-20(22)24(25,26)27)28-11-12-29(21(16-28)17-5-3-2-4-6-17)23(30)18-9-13-34(31,32)14-10-18/h2-8,15,18,21H,9-14,16H2,1H3. The Balaban J connectivity index is 1.61. The third-order valence-electron chi connectivity index (χ3n) is 6.61. The van der Waals surface area contributed by atoms with E-state index in [1.54, 1.807) is 11.0 Å². The molecule has 1 atom stereocenters. The number of hydrogen-bond donors (Lipinski definition) is 0. The number of amides is 1. The number of carbonyl (C=O) groups excluding carboxylic acids is 1. The molecule has 2 fully saturated rings. The van der Waals surface area contributed by atoms with E-state index in [2.05, 4.69) is 0 Å². The van der Waals surface area contributed by atoms with Crippen LogP contribution in [0.4, 0.5) is 18.9 Å². The summed E-state index contributed by atoms with van der Waals surface area (Å²) in [7, 11) is -1.89. The van der Waals surface area contributed by atoms with Crippen molar-refractivity contribution < 1.29 is 31.1 Å². The topological polar surface area (TPSA) is 66.9 Å². The van der Waals surface area contributed by atoms with Crippen molar-refractivity contribution in [3.63, 3.8) is 0 Å². The average molecular weight is 497 g/mol. The molecule has 2 aromatic rings. The van der Waals surface area contributed by atoms with E-state index < -0.39 is 21.6 Å². The van der Waals surface area contributed by atoms with E-state index in [0.717, 1.165) is 11.6 Å². The van der Waals surface area contributed by atoms with Gasteiger partial charge in [-0.3, -0.25) is 4.79 Å². The maximum atomic E-state index is 13.6. The molecule has 0 bridgehead atoms. The second-order valence-corrected chi connectivity index (χ2v) is 11.0. The third kappa shape index (κ3) is 5.16. The SMILES string of the molecule is COc1ccc(N2CCN(C(=O)C3CCS(=O)(=O)CC3)C(c3ccccc3)C2)cc1C(F)(F)F. The number of benzene rings is 2. The van der Waals surface area contributed by atoms with E-state index in [4.69, 9.17) is 4.74 Å². The van der Waals surface area contributed by atoms with E-state index >= 15 is 0 Å². The number of rotatable bonds is 4. The summed E-state index contributed by atoms with van der Waals surface area (Å²) < 4.78 is 69.2. The molecule has 184 valence electrons. The Kier molecular flexibility index (Phi) is 6.80. The third-order valence-corrected chi connectivity index (χ3v) is 8.32. The van der Waals surface area contributed by atoms with Gasteiger partial charge in [0, 0.05) is 31.2 Å². The lowest BCUT2D eigenvalue weighted by Crippen LogP contribution is -2.53. The van der Waals surface area contributed by atoms with Crippen LogP contribution in [0.3, 0.4) is 0 Å². The highest BCUT2D eigenvalue weighted by Crippen LogP contribution is 2.40. The number of carbonyl (C=O) groups is 1. The van der Waals surface area contributed by atoms with Crippen LogP contribution in [0.2, 0.25) is 0 Å². The molecule has 1 unspecified atom stereocenters. The molecule has 4 rings (SSSR count). The van der Waals surface area contributed by atoms with E-state index in [-0.39, 0.29) is 35.1 Å². The second kappa shape index (κ2) is 9.48. The highest BCUT2D eigenvalue weighted by molar-refractivity contribution is 7.91. The lowest BCUT2D eigenvalue weighted by atomic mass is 9.96. The molecule has 34 heavy (non-hydrogen) atoms. The van der Waals surface area contributed by atoms with E-state index in [1.807, 2.05) is 35.2 Å². The monoisotopic (exact) mass is 496 g/mol. The fourth-order valence-electron chi connectivity index (χ4n) is 4.73. The summed E-state index contributed by atoms with van der Waals surface area (Å²) in [5, 5.41) is 0. The molecule has 0 saturated carbocycles. The molecule has 2 saturated heterocycles. The van der Waals surface area contributed by atoms with Crippen molar-refractivity contribution in [1.82, 2.24) is 4.90 Å². The number of alkyl halides is 3. The van der Waals surface area contributed by atoms with Crippen molar-refractivity contribution in [3.05, 3.63) is 59.7 Å². The van der Waals surface area contributed by atoms with Crippen LogP contribution in [-0.2, 0) is 20.8 Å². The Hall–Kier alpha value is -2.75. The first-order valence-electron chi connectivity index (χ1n) is 11.1. The van der Waals surface area contributed by atoms with E-state index in [1.165, 1.54) is 13.2 Å². The van der Waals surface area contributed by atoms with Gasteiger partial charge >= 0.3 is 6.18 Å². The Labute approximate surface area is 197 Å². The van der Waals surface area contributed by atoms with Crippen molar-refractivity contribution >= 4 is 21.4 Å². The van der Waals surface area contributed by atoms with Gasteiger partial charge in [-0.05, 0) is 36.6 Å². The zero-order valence-electron chi connectivity index (χ0n) is 18.8. The molecule has 10 heteroatoms. The summed E-state index contributed by atoms with van der Waals surface area (Å²) in [5.74, 6) is -0.679. The van der Waals surface area contributed by atoms with Crippen molar-refractivity contribution in [2.24, 2.45) is 5.92 Å². The second-order valence-electron chi connectivity index (χ2n) is 8.71. The predicted molar refractivity (Wildman–Crippen MR) is 122 cm³/mol. The minimum atomic E-state index is -4.56. The molecule has 0 spiro atoms. The molecule has 2 aliphatic heterocycles. The van der Waals surface area contributed by atoms with Crippen molar-refractivity contribution in [2.75, 3.05) is 43.1 Å². The largest absolute Gasteiger partial charge is 0.496 e. The lowest BCUT2D eigenvalue weighted by molar-refractivity contribution is -0.139. The van der Waals surface area contributed by atoms with Crippen LogP contribution in [0.1, 0.15) is 30.0 Å². The number of nitrogens with zero attached hydrogens (tertiary/aromatic N) is 2. The highest BCUT2D eigenvalue weighted by Gasteiger charge is 2.39. The average Bonchev–Trinajstić information content (AvgIpc) is 2.83. The van der Waals surface area contributed by atoms with Crippen molar-refractivity contribution in [3.8, 4) is 5.75 Å². The number of halogens is 3. The molecule has 1 amide bonds. The van der Waals surface area contributed by atoms with Gasteiger partial charge in [0.25, 0.3) is 0 Å². The zero-order chi connectivity index (χ0) is 24.5. The Morgan fingerprint density at radius 1 is 1.03 bits per heavy atom. The molecule has 2 aliphatic rings. The first kappa shape index (κ1) is 24.4. The van der Waals surface area contributed by atoms with Crippen LogP contribution in [0.15, 0.2) is 48.5 Å². The lowest BCUT2D eigenvalue weighted by Gasteiger charge is -2.44. The fraction of sp³-hybridized carbons (Fsp3) is 0.458. The molecule has 0 aromatic heterocycles. The summed E-state index contributed by atoms with van der Waals surface area (Å²) >= 11 is 0. The quantitative estimate of drug-likeness (QED) is 0.642. The van der Waals surface area contributed by atoms with Gasteiger partial charge in [-0.25, -0.2) is 8.42 Å². The molecule has 0 aliphatic carbocycles. The van der Waals surface area contributed by atoms with Gasteiger partial charge in [-0.1, -0.05) is 30.3 Å². The van der Waals surface area contributed by atoms with Crippen LogP contribution in [-0.4, -0.2) is 57.5 Å². The maximum absolute atomic E-state index is 13.6. The van der Waals surface area contributed by atoms with Gasteiger partial charge in [0.15, 0.2) is 0 Å². The number of methoxy groups -OCH3 is 1. The number of hydrogen-bond acceptors (Lipinski definition) is 5. The highest BCUT2D eigenvalue weighted by atomic mass is 32.2. The minimum Gasteiger partial charge on any atom is -0.496 e. The number of anilines is 1. The van der Waals surface area contributed by atoms with Gasteiger partial charge < -0.3 is 14.5 Å². The van der Waals surface area contributed by atoms with Crippen LogP contribution in [0.5, 0.6) is 5.75 Å². The maximum Gasteiger partial charge on any atom is 0.420 e. The zero-order valence-corrected chi connectivity index (χ0v) is 19.6. The van der Waals surface area contributed by atoms with Gasteiger partial charge in [-0.2, -0.15) is 13.2 Å².